The van der Waals surface area contributed by atoms with Crippen LogP contribution in [-0.2, 0) is 9.59 Å². The summed E-state index contributed by atoms with van der Waals surface area (Å²) in [5, 5.41) is 1.67. The molecule has 0 saturated heterocycles. The van der Waals surface area contributed by atoms with Crippen molar-refractivity contribution in [3.63, 3.8) is 0 Å². The third kappa shape index (κ3) is 3.59. The van der Waals surface area contributed by atoms with Crippen molar-refractivity contribution in [3.05, 3.63) is 48.0 Å². The summed E-state index contributed by atoms with van der Waals surface area (Å²) in [6, 6.07) is 9.31. The van der Waals surface area contributed by atoms with E-state index in [0.717, 1.165) is 21.9 Å². The average Bonchev–Trinajstić information content (AvgIpc) is 2.47. The van der Waals surface area contributed by atoms with Crippen LogP contribution in [0.5, 0.6) is 11.5 Å². The van der Waals surface area contributed by atoms with Gasteiger partial charge in [0.1, 0.15) is 0 Å². The quantitative estimate of drug-likeness (QED) is 0.478. The lowest BCUT2D eigenvalue weighted by atomic mass is 9.90. The predicted octanol–water partition coefficient (Wildman–Crippen LogP) is 4.37. The average molecular weight is 312 g/mol. The van der Waals surface area contributed by atoms with Crippen LogP contribution in [0.2, 0.25) is 0 Å². The molecule has 0 heterocycles. The molecule has 1 unspecified atom stereocenters. The monoisotopic (exact) mass is 312 g/mol. The molecule has 2 aromatic carbocycles. The summed E-state index contributed by atoms with van der Waals surface area (Å²) in [6.07, 6.45) is 0. The molecule has 0 radical (unpaired) electrons. The van der Waals surface area contributed by atoms with Gasteiger partial charge in [-0.05, 0) is 23.9 Å². The van der Waals surface area contributed by atoms with Crippen LogP contribution in [0.25, 0.3) is 10.8 Å². The van der Waals surface area contributed by atoms with Gasteiger partial charge in [0.05, 0.1) is 0 Å². The lowest BCUT2D eigenvalue weighted by Gasteiger charge is -2.19. The fraction of sp³-hybridized carbons (Fsp3) is 0.263. The van der Waals surface area contributed by atoms with Crippen molar-refractivity contribution in [2.45, 2.75) is 33.6 Å². The molecule has 4 nitrogen and oxygen atoms in total. The minimum absolute atomic E-state index is 0.0700. The summed E-state index contributed by atoms with van der Waals surface area (Å²) in [6.45, 7) is 10.6. The Kier molecular flexibility index (Phi) is 4.84. The highest BCUT2D eigenvalue weighted by molar-refractivity contribution is 5.96. The molecule has 120 valence electrons. The molecule has 0 aromatic heterocycles. The van der Waals surface area contributed by atoms with Crippen molar-refractivity contribution < 1.29 is 19.1 Å². The first-order chi connectivity index (χ1) is 10.8. The molecule has 0 bridgehead atoms. The van der Waals surface area contributed by atoms with Gasteiger partial charge < -0.3 is 9.47 Å². The summed E-state index contributed by atoms with van der Waals surface area (Å²) in [4.78, 5) is 22.9. The van der Waals surface area contributed by atoms with Gasteiger partial charge in [-0.15, -0.1) is 0 Å². The Morgan fingerprint density at radius 3 is 2.09 bits per heavy atom. The van der Waals surface area contributed by atoms with Crippen LogP contribution in [0, 0.1) is 0 Å². The zero-order valence-electron chi connectivity index (χ0n) is 13.8. The number of hydrogen-bond donors (Lipinski definition) is 0. The molecule has 2 aromatic rings. The topological polar surface area (TPSA) is 52.6 Å². The zero-order chi connectivity index (χ0) is 17.1. The second kappa shape index (κ2) is 6.65. The second-order valence-corrected chi connectivity index (χ2v) is 5.59. The number of allylic oxidation sites excluding steroid dienone is 1. The smallest absolute Gasteiger partial charge is 0.308 e. The van der Waals surface area contributed by atoms with Gasteiger partial charge in [-0.2, -0.15) is 0 Å². The molecular formula is C19H20O4. The van der Waals surface area contributed by atoms with Crippen LogP contribution in [0.3, 0.4) is 0 Å². The van der Waals surface area contributed by atoms with E-state index in [4.69, 9.17) is 9.47 Å². The molecule has 0 saturated carbocycles. The first kappa shape index (κ1) is 16.7. The molecule has 0 aliphatic heterocycles. The molecule has 0 amide bonds. The number of carbonyl (C=O) groups is 2. The van der Waals surface area contributed by atoms with Crippen molar-refractivity contribution in [3.8, 4) is 11.5 Å². The van der Waals surface area contributed by atoms with E-state index in [2.05, 4.69) is 6.58 Å². The highest BCUT2D eigenvalue weighted by Gasteiger charge is 2.20. The number of carbonyl (C=O) groups excluding carboxylic acids is 2. The van der Waals surface area contributed by atoms with Crippen molar-refractivity contribution in [1.29, 1.82) is 0 Å². The van der Waals surface area contributed by atoms with Gasteiger partial charge in [-0.25, -0.2) is 0 Å². The Balaban J connectivity index is 2.80. The summed E-state index contributed by atoms with van der Waals surface area (Å²) >= 11 is 0. The fourth-order valence-corrected chi connectivity index (χ4v) is 2.45. The molecule has 0 N–H and O–H groups in total. The van der Waals surface area contributed by atoms with Gasteiger partial charge in [0.25, 0.3) is 0 Å². The Hall–Kier alpha value is -2.62. The highest BCUT2D eigenvalue weighted by atomic mass is 16.6. The lowest BCUT2D eigenvalue weighted by Crippen LogP contribution is -2.09. The first-order valence-corrected chi connectivity index (χ1v) is 7.39. The van der Waals surface area contributed by atoms with E-state index < -0.39 is 11.9 Å². The van der Waals surface area contributed by atoms with E-state index in [1.165, 1.54) is 13.8 Å². The van der Waals surface area contributed by atoms with Gasteiger partial charge in [-0.3, -0.25) is 9.59 Å². The summed E-state index contributed by atoms with van der Waals surface area (Å²) in [5.74, 6) is -0.358. The molecule has 4 heteroatoms. The maximum Gasteiger partial charge on any atom is 0.308 e. The largest absolute Gasteiger partial charge is 0.423 e. The van der Waals surface area contributed by atoms with E-state index in [1.54, 1.807) is 6.07 Å². The van der Waals surface area contributed by atoms with Crippen LogP contribution in [0.1, 0.15) is 39.2 Å². The Morgan fingerprint density at radius 2 is 1.57 bits per heavy atom. The normalized spacial score (nSPS) is 11.8. The van der Waals surface area contributed by atoms with E-state index in [-0.39, 0.29) is 17.4 Å². The SMILES string of the molecule is C=C(C)C(C)c1cc(OC(C)=O)c(OC(C)=O)c2ccccc12. The van der Waals surface area contributed by atoms with Crippen LogP contribution >= 0.6 is 0 Å². The number of ether oxygens (including phenoxy) is 2. The maximum absolute atomic E-state index is 11.4. The summed E-state index contributed by atoms with van der Waals surface area (Å²) < 4.78 is 10.6. The van der Waals surface area contributed by atoms with Gasteiger partial charge in [0, 0.05) is 25.2 Å². The number of rotatable bonds is 4. The minimum atomic E-state index is -0.470. The summed E-state index contributed by atoms with van der Waals surface area (Å²) in [7, 11) is 0. The molecule has 23 heavy (non-hydrogen) atoms. The number of hydrogen-bond acceptors (Lipinski definition) is 4. The number of fused-ring (bicyclic) bond motifs is 1. The molecule has 2 rings (SSSR count). The van der Waals surface area contributed by atoms with Gasteiger partial charge in [0.15, 0.2) is 11.5 Å². The maximum atomic E-state index is 11.4. The van der Waals surface area contributed by atoms with Crippen LogP contribution in [0.15, 0.2) is 42.5 Å². The van der Waals surface area contributed by atoms with Crippen LogP contribution in [-0.4, -0.2) is 11.9 Å². The highest BCUT2D eigenvalue weighted by Crippen LogP contribution is 2.42. The van der Waals surface area contributed by atoms with Gasteiger partial charge in [0.2, 0.25) is 0 Å². The van der Waals surface area contributed by atoms with Crippen molar-refractivity contribution in [2.75, 3.05) is 0 Å². The summed E-state index contributed by atoms with van der Waals surface area (Å²) in [5.41, 5.74) is 1.96. The molecule has 0 fully saturated rings. The molecule has 0 aliphatic carbocycles. The van der Waals surface area contributed by atoms with Crippen molar-refractivity contribution >= 4 is 22.7 Å². The minimum Gasteiger partial charge on any atom is -0.423 e. The molecular weight excluding hydrogens is 292 g/mol. The van der Waals surface area contributed by atoms with Crippen LogP contribution in [0.4, 0.5) is 0 Å². The first-order valence-electron chi connectivity index (χ1n) is 7.39. The van der Waals surface area contributed by atoms with E-state index >= 15 is 0 Å². The molecule has 0 spiro atoms. The third-order valence-corrected chi connectivity index (χ3v) is 3.70. The second-order valence-electron chi connectivity index (χ2n) is 5.59. The lowest BCUT2D eigenvalue weighted by molar-refractivity contribution is -0.134. The Bertz CT molecular complexity index is 789. The van der Waals surface area contributed by atoms with E-state index in [1.807, 2.05) is 38.1 Å². The van der Waals surface area contributed by atoms with E-state index in [0.29, 0.717) is 0 Å². The number of benzene rings is 2. The Morgan fingerprint density at radius 1 is 1.00 bits per heavy atom. The van der Waals surface area contributed by atoms with Crippen molar-refractivity contribution in [1.82, 2.24) is 0 Å². The standard InChI is InChI=1S/C19H20O4/c1-11(2)12(3)17-10-18(22-13(4)20)19(23-14(5)21)16-9-7-6-8-15(16)17/h6-10,12H,1H2,2-5H3. The fourth-order valence-electron chi connectivity index (χ4n) is 2.45. The molecule has 0 aliphatic rings. The van der Waals surface area contributed by atoms with E-state index in [9.17, 15) is 9.59 Å². The molecule has 1 atom stereocenters. The Labute approximate surface area is 135 Å². The van der Waals surface area contributed by atoms with Crippen LogP contribution < -0.4 is 9.47 Å². The van der Waals surface area contributed by atoms with Gasteiger partial charge >= 0.3 is 11.9 Å². The third-order valence-electron chi connectivity index (χ3n) is 3.70. The predicted molar refractivity (Wildman–Crippen MR) is 89.8 cm³/mol. The zero-order valence-corrected chi connectivity index (χ0v) is 13.8. The van der Waals surface area contributed by atoms with Crippen molar-refractivity contribution in [2.24, 2.45) is 0 Å². The number of esters is 2. The van der Waals surface area contributed by atoms with Gasteiger partial charge in [-0.1, -0.05) is 43.3 Å².